The number of carboxylic acid groups (broad SMARTS) is 1. The van der Waals surface area contributed by atoms with Gasteiger partial charge in [0.15, 0.2) is 0 Å². The molecule has 0 saturated heterocycles. The Morgan fingerprint density at radius 1 is 1.42 bits per heavy atom. The van der Waals surface area contributed by atoms with Gasteiger partial charge in [0.1, 0.15) is 4.83 Å². The first kappa shape index (κ1) is 10.0. The molecule has 0 aromatic heterocycles. The molecular weight excluding hydrogens is 220 g/mol. The fourth-order valence-electron chi connectivity index (χ4n) is 1.82. The molecule has 1 aliphatic rings. The third-order valence-corrected chi connectivity index (χ3v) is 3.30. The van der Waals surface area contributed by atoms with E-state index in [1.807, 2.05) is 0 Å². The summed E-state index contributed by atoms with van der Waals surface area (Å²) in [6.07, 6.45) is 7.13. The summed E-state index contributed by atoms with van der Waals surface area (Å²) < 4.78 is 0. The van der Waals surface area contributed by atoms with Gasteiger partial charge in [-0.15, -0.1) is 0 Å². The molecule has 3 heteroatoms. The number of rotatable bonds is 3. The molecule has 0 aromatic carbocycles. The number of alkyl halides is 1. The standard InChI is InChI=1S/C9H15BrO2/c10-8(9(11)12)6-7-4-2-1-3-5-7/h7-8H,1-6H2,(H,11,12)/t8-/m1/s1. The Morgan fingerprint density at radius 2 is 2.00 bits per heavy atom. The summed E-state index contributed by atoms with van der Waals surface area (Å²) in [4.78, 5) is 10.2. The average Bonchev–Trinajstić information content (AvgIpc) is 2.06. The van der Waals surface area contributed by atoms with Crippen LogP contribution in [-0.4, -0.2) is 15.9 Å². The van der Waals surface area contributed by atoms with E-state index < -0.39 is 5.97 Å². The molecule has 0 unspecified atom stereocenters. The predicted octanol–water partition coefficient (Wildman–Crippen LogP) is 2.80. The molecule has 1 fully saturated rings. The lowest BCUT2D eigenvalue weighted by molar-refractivity contribution is -0.136. The molecule has 0 aliphatic heterocycles. The summed E-state index contributed by atoms with van der Waals surface area (Å²) in [6.45, 7) is 0. The second-order valence-corrected chi connectivity index (χ2v) is 4.65. The first-order valence-corrected chi connectivity index (χ1v) is 5.48. The maximum absolute atomic E-state index is 10.5. The maximum Gasteiger partial charge on any atom is 0.317 e. The summed E-state index contributed by atoms with van der Waals surface area (Å²) in [5.41, 5.74) is 0. The normalized spacial score (nSPS) is 22.1. The van der Waals surface area contributed by atoms with E-state index in [2.05, 4.69) is 15.9 Å². The highest BCUT2D eigenvalue weighted by Crippen LogP contribution is 2.29. The molecule has 2 nitrogen and oxygen atoms in total. The number of hydrogen-bond donors (Lipinski definition) is 1. The average molecular weight is 235 g/mol. The summed E-state index contributed by atoms with van der Waals surface area (Å²) in [5, 5.41) is 8.67. The summed E-state index contributed by atoms with van der Waals surface area (Å²) in [5.74, 6) is -0.0835. The summed E-state index contributed by atoms with van der Waals surface area (Å²) in [7, 11) is 0. The van der Waals surface area contributed by atoms with Crippen LogP contribution >= 0.6 is 15.9 Å². The van der Waals surface area contributed by atoms with E-state index in [1.54, 1.807) is 0 Å². The molecule has 0 heterocycles. The number of carbonyl (C=O) groups is 1. The SMILES string of the molecule is O=C(O)[C@H](Br)CC1CCCCC1. The lowest BCUT2D eigenvalue weighted by Crippen LogP contribution is -2.18. The van der Waals surface area contributed by atoms with Crippen molar-refractivity contribution < 1.29 is 9.90 Å². The third-order valence-electron chi connectivity index (χ3n) is 2.53. The minimum atomic E-state index is -0.722. The fourth-order valence-corrected chi connectivity index (χ4v) is 2.34. The van der Waals surface area contributed by atoms with Gasteiger partial charge in [0.05, 0.1) is 0 Å². The van der Waals surface area contributed by atoms with E-state index >= 15 is 0 Å². The second kappa shape index (κ2) is 4.85. The minimum Gasteiger partial charge on any atom is -0.480 e. The Balaban J connectivity index is 2.24. The van der Waals surface area contributed by atoms with Crippen LogP contribution in [0.4, 0.5) is 0 Å². The van der Waals surface area contributed by atoms with Crippen molar-refractivity contribution in [2.45, 2.75) is 43.4 Å². The number of aliphatic carboxylic acids is 1. The number of halogens is 1. The first-order valence-electron chi connectivity index (χ1n) is 4.57. The van der Waals surface area contributed by atoms with Crippen molar-refractivity contribution in [1.82, 2.24) is 0 Å². The molecule has 0 spiro atoms. The van der Waals surface area contributed by atoms with Gasteiger partial charge in [-0.25, -0.2) is 0 Å². The van der Waals surface area contributed by atoms with Gasteiger partial charge < -0.3 is 5.11 Å². The maximum atomic E-state index is 10.5. The van der Waals surface area contributed by atoms with Crippen LogP contribution in [0.25, 0.3) is 0 Å². The van der Waals surface area contributed by atoms with Gasteiger partial charge in [-0.2, -0.15) is 0 Å². The highest BCUT2D eigenvalue weighted by atomic mass is 79.9. The molecule has 0 amide bonds. The van der Waals surface area contributed by atoms with E-state index in [1.165, 1.54) is 32.1 Å². The van der Waals surface area contributed by atoms with Gasteiger partial charge in [-0.05, 0) is 12.3 Å². The molecule has 1 aliphatic carbocycles. The van der Waals surface area contributed by atoms with Crippen molar-refractivity contribution in [2.75, 3.05) is 0 Å². The Labute approximate surface area is 81.5 Å². The van der Waals surface area contributed by atoms with Gasteiger partial charge in [0.25, 0.3) is 0 Å². The zero-order chi connectivity index (χ0) is 8.97. The monoisotopic (exact) mass is 234 g/mol. The largest absolute Gasteiger partial charge is 0.480 e. The fraction of sp³-hybridized carbons (Fsp3) is 0.889. The zero-order valence-electron chi connectivity index (χ0n) is 7.13. The van der Waals surface area contributed by atoms with Crippen LogP contribution < -0.4 is 0 Å². The Bertz CT molecular complexity index is 153. The van der Waals surface area contributed by atoms with Crippen molar-refractivity contribution in [3.05, 3.63) is 0 Å². The van der Waals surface area contributed by atoms with E-state index in [9.17, 15) is 4.79 Å². The molecule has 0 bridgehead atoms. The van der Waals surface area contributed by atoms with Crippen LogP contribution in [0.5, 0.6) is 0 Å². The van der Waals surface area contributed by atoms with Crippen LogP contribution in [0.3, 0.4) is 0 Å². The number of carboxylic acids is 1. The van der Waals surface area contributed by atoms with E-state index in [4.69, 9.17) is 5.11 Å². The van der Waals surface area contributed by atoms with Gasteiger partial charge in [0.2, 0.25) is 0 Å². The van der Waals surface area contributed by atoms with Crippen LogP contribution in [0.15, 0.2) is 0 Å². The van der Waals surface area contributed by atoms with Gasteiger partial charge in [-0.3, -0.25) is 4.79 Å². The van der Waals surface area contributed by atoms with Crippen LogP contribution in [0.1, 0.15) is 38.5 Å². The Kier molecular flexibility index (Phi) is 4.06. The lowest BCUT2D eigenvalue weighted by atomic mass is 9.86. The second-order valence-electron chi connectivity index (χ2n) is 3.55. The third kappa shape index (κ3) is 3.13. The summed E-state index contributed by atoms with van der Waals surface area (Å²) >= 11 is 3.18. The molecule has 12 heavy (non-hydrogen) atoms. The van der Waals surface area contributed by atoms with Gasteiger partial charge >= 0.3 is 5.97 Å². The van der Waals surface area contributed by atoms with Crippen LogP contribution in [-0.2, 0) is 4.79 Å². The predicted molar refractivity (Wildman–Crippen MR) is 51.5 cm³/mol. The van der Waals surface area contributed by atoms with Crippen molar-refractivity contribution in [2.24, 2.45) is 5.92 Å². The van der Waals surface area contributed by atoms with Crippen LogP contribution in [0, 0.1) is 5.92 Å². The Hall–Kier alpha value is -0.0500. The smallest absolute Gasteiger partial charge is 0.317 e. The van der Waals surface area contributed by atoms with Crippen molar-refractivity contribution >= 4 is 21.9 Å². The minimum absolute atomic E-state index is 0.333. The quantitative estimate of drug-likeness (QED) is 0.763. The van der Waals surface area contributed by atoms with Gasteiger partial charge in [0, 0.05) is 0 Å². The highest BCUT2D eigenvalue weighted by Gasteiger charge is 2.21. The molecule has 1 N–H and O–H groups in total. The Morgan fingerprint density at radius 3 is 2.50 bits per heavy atom. The molecule has 0 aromatic rings. The molecule has 1 rings (SSSR count). The molecular formula is C9H15BrO2. The summed E-state index contributed by atoms with van der Waals surface area (Å²) in [6, 6.07) is 0. The van der Waals surface area contributed by atoms with E-state index in [0.29, 0.717) is 5.92 Å². The molecule has 70 valence electrons. The topological polar surface area (TPSA) is 37.3 Å². The van der Waals surface area contributed by atoms with Crippen molar-refractivity contribution in [3.63, 3.8) is 0 Å². The highest BCUT2D eigenvalue weighted by molar-refractivity contribution is 9.10. The van der Waals surface area contributed by atoms with E-state index in [-0.39, 0.29) is 4.83 Å². The van der Waals surface area contributed by atoms with Gasteiger partial charge in [-0.1, -0.05) is 48.0 Å². The number of hydrogen-bond acceptors (Lipinski definition) is 1. The van der Waals surface area contributed by atoms with Crippen molar-refractivity contribution in [1.29, 1.82) is 0 Å². The van der Waals surface area contributed by atoms with E-state index in [0.717, 1.165) is 6.42 Å². The first-order chi connectivity index (χ1) is 5.70. The molecule has 1 saturated carbocycles. The van der Waals surface area contributed by atoms with Crippen LogP contribution in [0.2, 0.25) is 0 Å². The molecule has 0 radical (unpaired) electrons. The van der Waals surface area contributed by atoms with Crippen molar-refractivity contribution in [3.8, 4) is 0 Å². The molecule has 1 atom stereocenters. The zero-order valence-corrected chi connectivity index (χ0v) is 8.72. The lowest BCUT2D eigenvalue weighted by Gasteiger charge is -2.22.